The van der Waals surface area contributed by atoms with Gasteiger partial charge < -0.3 is 34.1 Å². The van der Waals surface area contributed by atoms with Crippen molar-refractivity contribution in [1.29, 1.82) is 0 Å². The first-order chi connectivity index (χ1) is 43.6. The van der Waals surface area contributed by atoms with Crippen LogP contribution in [0.25, 0.3) is 44.7 Å². The number of hydrogen-bond donors (Lipinski definition) is 0. The van der Waals surface area contributed by atoms with Gasteiger partial charge in [0.05, 0.1) is 25.8 Å². The van der Waals surface area contributed by atoms with Crippen molar-refractivity contribution in [2.75, 3.05) is 38.1 Å². The average molecular weight is 1250 g/mol. The van der Waals surface area contributed by atoms with Gasteiger partial charge in [0.25, 0.3) is 11.8 Å². The van der Waals surface area contributed by atoms with Crippen LogP contribution in [0.3, 0.4) is 0 Å². The number of hydrogen-bond acceptors (Lipinski definition) is 27. The Hall–Kier alpha value is -11.7. The predicted octanol–water partition coefficient (Wildman–Crippen LogP) is 0.980. The number of fused-ring (bicyclic) bond motifs is 4. The van der Waals surface area contributed by atoms with Crippen LogP contribution in [-0.4, -0.2) is 197 Å². The highest BCUT2D eigenvalue weighted by atomic mass is 32.2. The molecule has 0 spiro atoms. The molecule has 8 aromatic rings. The van der Waals surface area contributed by atoms with Crippen LogP contribution in [0.1, 0.15) is 57.8 Å². The summed E-state index contributed by atoms with van der Waals surface area (Å²) in [5.41, 5.74) is 3.60. The molecule has 0 unspecified atom stereocenters. The highest BCUT2D eigenvalue weighted by Crippen LogP contribution is 2.15. The van der Waals surface area contributed by atoms with E-state index < -0.39 is 29.7 Å². The number of pyridine rings is 4. The number of allylic oxidation sites excluding steroid dienone is 1. The van der Waals surface area contributed by atoms with E-state index in [1.54, 1.807) is 60.9 Å². The summed E-state index contributed by atoms with van der Waals surface area (Å²) < 4.78 is 0. The summed E-state index contributed by atoms with van der Waals surface area (Å²) in [6, 6.07) is 13.7. The quantitative estimate of drug-likeness (QED) is 0.0352. The first-order valence-electron chi connectivity index (χ1n) is 27.1. The van der Waals surface area contributed by atoms with E-state index in [1.165, 1.54) is 57.1 Å². The molecule has 0 radical (unpaired) electrons. The largest absolute Gasteiger partial charge is 0.358 e. The predicted molar refractivity (Wildman–Crippen MR) is 313 cm³/mol. The van der Waals surface area contributed by atoms with Crippen LogP contribution in [0.5, 0.6) is 0 Å². The zero-order chi connectivity index (χ0) is 64.4. The summed E-state index contributed by atoms with van der Waals surface area (Å²) in [5.74, 6) is -3.50. The summed E-state index contributed by atoms with van der Waals surface area (Å²) in [7, 11) is 0. The maximum absolute atomic E-state index is 12.6. The number of ketones is 1. The van der Waals surface area contributed by atoms with Crippen molar-refractivity contribution in [1.82, 2.24) is 100 Å². The van der Waals surface area contributed by atoms with E-state index in [0.29, 0.717) is 76.1 Å². The van der Waals surface area contributed by atoms with Crippen LogP contribution in [0.15, 0.2) is 136 Å². The molecule has 0 aliphatic carbocycles. The molecule has 35 heteroatoms. The molecule has 2 aliphatic heterocycles. The molecule has 2 aliphatic rings. The smallest absolute Gasteiger partial charge is 0.316 e. The zero-order valence-electron chi connectivity index (χ0n) is 47.9. The van der Waals surface area contributed by atoms with Crippen LogP contribution in [0.4, 0.5) is 0 Å². The molecule has 466 valence electrons. The summed E-state index contributed by atoms with van der Waals surface area (Å²) in [5, 5.41) is 30.0. The van der Waals surface area contributed by atoms with Crippen LogP contribution < -0.4 is 19.4 Å². The second kappa shape index (κ2) is 33.3. The Bertz CT molecular complexity index is 3950. The number of rotatable bonds is 24. The number of nitrogens with zero attached hydrogens (tertiary/aromatic N) is 20. The van der Waals surface area contributed by atoms with Gasteiger partial charge in [-0.2, -0.15) is 0 Å². The van der Waals surface area contributed by atoms with Gasteiger partial charge >= 0.3 is 23.9 Å². The Morgan fingerprint density at radius 1 is 0.467 bits per heavy atom. The molecular weight excluding hydrogens is 1200 g/mol. The van der Waals surface area contributed by atoms with Gasteiger partial charge in [0.15, 0.2) is 5.78 Å². The Labute approximate surface area is 513 Å². The number of carbonyl (C=O) groups excluding carboxylic acids is 10. The molecule has 0 bridgehead atoms. The topological polar surface area (TPSA) is 395 Å². The zero-order valence-corrected chi connectivity index (χ0v) is 48.7. The molecule has 10 rings (SSSR count). The van der Waals surface area contributed by atoms with Gasteiger partial charge in [-0.15, -0.1) is 32.2 Å². The molecule has 0 atom stereocenters. The van der Waals surface area contributed by atoms with Crippen molar-refractivity contribution >= 4 is 116 Å². The number of imide groups is 1. The molecule has 1 saturated heterocycles. The lowest BCUT2D eigenvalue weighted by molar-refractivity contribution is -0.155. The Kier molecular flexibility index (Phi) is 24.4. The van der Waals surface area contributed by atoms with E-state index in [4.69, 9.17) is 19.4 Å². The van der Waals surface area contributed by atoms with Crippen LogP contribution in [0.2, 0.25) is 0 Å². The molecule has 0 aromatic carbocycles. The average Bonchev–Trinajstić information content (AvgIpc) is 4.26. The van der Waals surface area contributed by atoms with Gasteiger partial charge in [0.1, 0.15) is 22.1 Å². The summed E-state index contributed by atoms with van der Waals surface area (Å²) in [6.07, 6.45) is 17.8. The maximum Gasteiger partial charge on any atom is 0.358 e. The number of amides is 5. The maximum atomic E-state index is 12.6. The van der Waals surface area contributed by atoms with Crippen molar-refractivity contribution in [2.45, 2.75) is 57.8 Å². The Morgan fingerprint density at radius 3 is 1.29 bits per heavy atom. The molecule has 90 heavy (non-hydrogen) atoms. The van der Waals surface area contributed by atoms with E-state index in [1.807, 2.05) is 0 Å². The van der Waals surface area contributed by atoms with Crippen molar-refractivity contribution in [3.8, 4) is 0 Å². The van der Waals surface area contributed by atoms with E-state index >= 15 is 0 Å². The van der Waals surface area contributed by atoms with E-state index in [-0.39, 0.29) is 74.6 Å². The fourth-order valence-electron chi connectivity index (χ4n) is 7.73. The lowest BCUT2D eigenvalue weighted by Gasteiger charge is -2.41. The van der Waals surface area contributed by atoms with Gasteiger partial charge in [-0.1, -0.05) is 39.2 Å². The fourth-order valence-corrected chi connectivity index (χ4v) is 8.42. The molecule has 0 N–H and O–H groups in total. The highest BCUT2D eigenvalue weighted by Gasteiger charge is 2.30. The SMILES string of the molecule is C=CC(=O)CCCCCCC(=O)On1nnc2cccnc21.C=CC(=O)N1CN(C(=O)C=C)CN(C(=O)CCSCC(=O)On2nnc3cccnc32)C1.C=CC(=O)On1nnc2cccnc21.O=C(CCCN1C(=O)C=CC1=O)On1nnc2cccnc21. The molecule has 5 amide bonds. The van der Waals surface area contributed by atoms with Crippen molar-refractivity contribution in [3.63, 3.8) is 0 Å². The second-order valence-corrected chi connectivity index (χ2v) is 19.5. The molecule has 34 nitrogen and oxygen atoms in total. The third-order valence-corrected chi connectivity index (χ3v) is 13.0. The lowest BCUT2D eigenvalue weighted by atomic mass is 10.1. The van der Waals surface area contributed by atoms with E-state index in [2.05, 4.69) is 87.5 Å². The number of carbonyl (C=O) groups is 10. The lowest BCUT2D eigenvalue weighted by Crippen LogP contribution is -2.59. The van der Waals surface area contributed by atoms with E-state index in [9.17, 15) is 47.9 Å². The van der Waals surface area contributed by atoms with Crippen LogP contribution in [0, 0.1) is 0 Å². The number of aromatic nitrogens is 16. The number of unbranched alkanes of at least 4 members (excludes halogenated alkanes) is 3. The minimum atomic E-state index is -0.609. The summed E-state index contributed by atoms with van der Waals surface area (Å²) in [4.78, 5) is 162. The Balaban J connectivity index is 0.000000177. The second-order valence-electron chi connectivity index (χ2n) is 18.4. The van der Waals surface area contributed by atoms with Gasteiger partial charge in [-0.05, 0) is 126 Å². The highest BCUT2D eigenvalue weighted by molar-refractivity contribution is 7.99. The Morgan fingerprint density at radius 2 is 0.867 bits per heavy atom. The third kappa shape index (κ3) is 18.9. The monoisotopic (exact) mass is 1250 g/mol. The summed E-state index contributed by atoms with van der Waals surface area (Å²) in [6.45, 7) is 13.9. The van der Waals surface area contributed by atoms with Crippen LogP contribution in [-0.2, 0) is 47.9 Å². The van der Waals surface area contributed by atoms with Crippen molar-refractivity contribution in [3.05, 3.63) is 136 Å². The molecule has 8 aromatic heterocycles. The first-order valence-corrected chi connectivity index (χ1v) is 28.3. The van der Waals surface area contributed by atoms with Gasteiger partial charge in [0, 0.05) is 81.0 Å². The molecule has 10 heterocycles. The van der Waals surface area contributed by atoms with Crippen molar-refractivity contribution < 1.29 is 67.3 Å². The number of thioether (sulfide) groups is 1. The van der Waals surface area contributed by atoms with Crippen LogP contribution >= 0.6 is 11.8 Å². The first kappa shape index (κ1) is 65.9. The minimum absolute atomic E-state index is 0.0103. The van der Waals surface area contributed by atoms with E-state index in [0.717, 1.165) is 61.8 Å². The minimum Gasteiger partial charge on any atom is -0.316 e. The molecule has 1 fully saturated rings. The third-order valence-electron chi connectivity index (χ3n) is 12.1. The standard InChI is InChI=1S/C19H21N7O5S.C15H18N4O3.C13H11N5O4.C8H6N4O2/c1-3-15(27)23-11-24(16(28)4-2)13-25(12-23)17(29)7-9-32-10-18(30)31-26-19-14(21-22-26)6-5-8-20-19;1-2-12(20)8-5-3-4-6-10-14(21)22-19-15-13(17-18-19)9-7-11-16-15;19-10-5-6-11(20)17(10)8-2-4-12(21)22-18-13-9(15-16-18)3-1-7-14-13;1-2-7(13)14-12-8-6(10-11-12)4-3-5-9-8/h3-6,8H,1-2,7,9-13H2;2,7,9,11H,1,3-6,8,10H2;1,3,5-7H,2,4,8H2;2-5H,1H2. The molecule has 0 saturated carbocycles. The van der Waals surface area contributed by atoms with Gasteiger partial charge in [-0.25, -0.2) is 39.1 Å². The van der Waals surface area contributed by atoms with Gasteiger partial charge in [-0.3, -0.25) is 33.7 Å². The fraction of sp³-hybridized carbons (Fsp3) is 0.273. The van der Waals surface area contributed by atoms with Crippen molar-refractivity contribution in [2.24, 2.45) is 0 Å². The normalized spacial score (nSPS) is 12.4. The molecular formula is C55H56N20O14S. The summed E-state index contributed by atoms with van der Waals surface area (Å²) >= 11 is 1.21. The van der Waals surface area contributed by atoms with Gasteiger partial charge in [0.2, 0.25) is 40.3 Å².